The van der Waals surface area contributed by atoms with Gasteiger partial charge in [0.05, 0.1) is 11.7 Å². The zero-order valence-corrected chi connectivity index (χ0v) is 17.4. The van der Waals surface area contributed by atoms with Gasteiger partial charge in [-0.05, 0) is 32.0 Å². The Morgan fingerprint density at radius 3 is 2.48 bits per heavy atom. The van der Waals surface area contributed by atoms with Gasteiger partial charge < -0.3 is 20.0 Å². The maximum atomic E-state index is 13.7. The third kappa shape index (κ3) is 4.46. The minimum atomic E-state index is -4.90. The van der Waals surface area contributed by atoms with Gasteiger partial charge in [-0.25, -0.2) is 13.8 Å². The van der Waals surface area contributed by atoms with Crippen molar-refractivity contribution >= 4 is 17.4 Å². The number of carbonyl (C=O) groups excluding carboxylic acids is 1. The van der Waals surface area contributed by atoms with E-state index in [-0.39, 0.29) is 17.9 Å². The van der Waals surface area contributed by atoms with Crippen molar-refractivity contribution in [3.63, 3.8) is 0 Å². The standard InChI is InChI=1S/C21H19F5N4O3/c1-3-29(11-4-5-14(22)15(23)7-11)20(33)17-18(32)16(31)9-30(17)19-12(8-27)13(21(24,25)26)6-10(2)28-19/h4-7,16-18,31-32H,3,9H2,1-2H3/t16-,17+,18-/m1/s1. The summed E-state index contributed by atoms with van der Waals surface area (Å²) in [5, 5.41) is 30.2. The van der Waals surface area contributed by atoms with Gasteiger partial charge in [0.2, 0.25) is 0 Å². The highest BCUT2D eigenvalue weighted by Gasteiger charge is 2.48. The predicted molar refractivity (Wildman–Crippen MR) is 106 cm³/mol. The molecule has 1 aliphatic heterocycles. The van der Waals surface area contributed by atoms with Crippen LogP contribution in [-0.2, 0) is 11.0 Å². The molecule has 1 aromatic carbocycles. The quantitative estimate of drug-likeness (QED) is 0.667. The van der Waals surface area contributed by atoms with Crippen LogP contribution in [0, 0.1) is 29.9 Å². The highest BCUT2D eigenvalue weighted by atomic mass is 19.4. The lowest BCUT2D eigenvalue weighted by Crippen LogP contribution is -2.51. The summed E-state index contributed by atoms with van der Waals surface area (Å²) in [4.78, 5) is 19.2. The van der Waals surface area contributed by atoms with Crippen LogP contribution in [0.25, 0.3) is 0 Å². The van der Waals surface area contributed by atoms with Crippen LogP contribution in [0.4, 0.5) is 33.5 Å². The van der Waals surface area contributed by atoms with Gasteiger partial charge >= 0.3 is 6.18 Å². The number of aliphatic hydroxyl groups excluding tert-OH is 2. The van der Waals surface area contributed by atoms with E-state index >= 15 is 0 Å². The molecule has 0 saturated carbocycles. The number of aryl methyl sites for hydroxylation is 1. The zero-order valence-electron chi connectivity index (χ0n) is 17.4. The second-order valence-corrected chi connectivity index (χ2v) is 7.46. The van der Waals surface area contributed by atoms with Crippen molar-refractivity contribution in [3.05, 3.63) is 52.7 Å². The molecule has 0 bridgehead atoms. The Balaban J connectivity index is 2.12. The number of carbonyl (C=O) groups is 1. The predicted octanol–water partition coefficient (Wildman–Crippen LogP) is 2.52. The molecule has 33 heavy (non-hydrogen) atoms. The molecule has 7 nitrogen and oxygen atoms in total. The lowest BCUT2D eigenvalue weighted by Gasteiger charge is -2.32. The van der Waals surface area contributed by atoms with E-state index < -0.39 is 65.5 Å². The molecule has 0 spiro atoms. The Morgan fingerprint density at radius 2 is 1.94 bits per heavy atom. The molecule has 1 amide bonds. The van der Waals surface area contributed by atoms with E-state index in [9.17, 15) is 42.2 Å². The molecule has 12 heteroatoms. The molecular weight excluding hydrogens is 451 g/mol. The minimum absolute atomic E-state index is 0.0661. The molecule has 0 aliphatic carbocycles. The molecule has 0 radical (unpaired) electrons. The molecule has 1 aromatic heterocycles. The number of nitrogens with zero attached hydrogens (tertiary/aromatic N) is 4. The van der Waals surface area contributed by atoms with E-state index in [2.05, 4.69) is 4.98 Å². The van der Waals surface area contributed by atoms with E-state index in [1.54, 1.807) is 0 Å². The number of nitriles is 1. The molecule has 0 unspecified atom stereocenters. The van der Waals surface area contributed by atoms with E-state index in [0.29, 0.717) is 6.07 Å². The summed E-state index contributed by atoms with van der Waals surface area (Å²) in [6.45, 7) is 2.21. The summed E-state index contributed by atoms with van der Waals surface area (Å²) in [6, 6.07) is 3.16. The van der Waals surface area contributed by atoms with E-state index in [1.165, 1.54) is 19.9 Å². The Kier molecular flexibility index (Phi) is 6.58. The lowest BCUT2D eigenvalue weighted by molar-refractivity contribution is -0.137. The maximum Gasteiger partial charge on any atom is 0.417 e. The second kappa shape index (κ2) is 8.92. The topological polar surface area (TPSA) is 101 Å². The number of aliphatic hydroxyl groups is 2. The Labute approximate surface area is 185 Å². The summed E-state index contributed by atoms with van der Waals surface area (Å²) >= 11 is 0. The second-order valence-electron chi connectivity index (χ2n) is 7.46. The molecule has 1 fully saturated rings. The first-order valence-electron chi connectivity index (χ1n) is 9.78. The number of hydrogen-bond acceptors (Lipinski definition) is 6. The molecule has 3 rings (SSSR count). The van der Waals surface area contributed by atoms with Crippen molar-refractivity contribution in [2.45, 2.75) is 38.3 Å². The summed E-state index contributed by atoms with van der Waals surface area (Å²) < 4.78 is 67.6. The van der Waals surface area contributed by atoms with Gasteiger partial charge in [0.15, 0.2) is 11.6 Å². The third-order valence-corrected chi connectivity index (χ3v) is 5.31. The molecule has 1 aliphatic rings. The molecule has 176 valence electrons. The van der Waals surface area contributed by atoms with Gasteiger partial charge in [-0.3, -0.25) is 4.79 Å². The molecule has 1 saturated heterocycles. The summed E-state index contributed by atoms with van der Waals surface area (Å²) in [5.74, 6) is -3.82. The van der Waals surface area contributed by atoms with Crippen molar-refractivity contribution in [2.24, 2.45) is 0 Å². The molecule has 3 atom stereocenters. The Morgan fingerprint density at radius 1 is 1.27 bits per heavy atom. The SMILES string of the molecule is CCN(C(=O)[C@@H]1[C@H](O)[C@H](O)CN1c1nc(C)cc(C(F)(F)F)c1C#N)c1ccc(F)c(F)c1. The fourth-order valence-electron chi connectivity index (χ4n) is 3.79. The summed E-state index contributed by atoms with van der Waals surface area (Å²) in [7, 11) is 0. The average molecular weight is 470 g/mol. The number of hydrogen-bond donors (Lipinski definition) is 2. The first kappa shape index (κ1) is 24.3. The van der Waals surface area contributed by atoms with Crippen LogP contribution in [0.15, 0.2) is 24.3 Å². The fourth-order valence-corrected chi connectivity index (χ4v) is 3.79. The molecule has 2 heterocycles. The number of likely N-dealkylation sites (N-methyl/N-ethyl adjacent to an activating group) is 1. The van der Waals surface area contributed by atoms with Gasteiger partial charge in [-0.15, -0.1) is 0 Å². The minimum Gasteiger partial charge on any atom is -0.388 e. The van der Waals surface area contributed by atoms with Crippen molar-refractivity contribution < 1.29 is 37.0 Å². The number of pyridine rings is 1. The van der Waals surface area contributed by atoms with Crippen LogP contribution in [0.1, 0.15) is 23.7 Å². The van der Waals surface area contributed by atoms with Gasteiger partial charge in [0, 0.05) is 30.5 Å². The van der Waals surface area contributed by atoms with Gasteiger partial charge in [0.25, 0.3) is 5.91 Å². The highest BCUT2D eigenvalue weighted by molar-refractivity contribution is 6.00. The fraction of sp³-hybridized carbons (Fsp3) is 0.381. The Hall–Kier alpha value is -3.30. The van der Waals surface area contributed by atoms with Crippen molar-refractivity contribution in [2.75, 3.05) is 22.9 Å². The number of benzene rings is 1. The average Bonchev–Trinajstić information content (AvgIpc) is 3.04. The highest BCUT2D eigenvalue weighted by Crippen LogP contribution is 2.38. The van der Waals surface area contributed by atoms with Crippen LogP contribution in [-0.4, -0.2) is 52.4 Å². The molecular formula is C21H19F5N4O3. The van der Waals surface area contributed by atoms with E-state index in [4.69, 9.17) is 0 Å². The van der Waals surface area contributed by atoms with Crippen LogP contribution in [0.2, 0.25) is 0 Å². The first-order chi connectivity index (χ1) is 15.4. The molecule has 2 N–H and O–H groups in total. The van der Waals surface area contributed by atoms with E-state index in [0.717, 1.165) is 28.0 Å². The van der Waals surface area contributed by atoms with Crippen molar-refractivity contribution in [3.8, 4) is 6.07 Å². The number of β-amino-alcohol motifs (C(OH)–C–C–N with tert-alkyl or cyclic N) is 1. The van der Waals surface area contributed by atoms with Crippen LogP contribution in [0.5, 0.6) is 0 Å². The third-order valence-electron chi connectivity index (χ3n) is 5.31. The summed E-state index contributed by atoms with van der Waals surface area (Å²) in [5.41, 5.74) is -2.32. The largest absolute Gasteiger partial charge is 0.417 e. The van der Waals surface area contributed by atoms with Gasteiger partial charge in [-0.1, -0.05) is 0 Å². The summed E-state index contributed by atoms with van der Waals surface area (Å²) in [6.07, 6.45) is -8.20. The van der Waals surface area contributed by atoms with Crippen LogP contribution < -0.4 is 9.80 Å². The zero-order chi connectivity index (χ0) is 24.7. The van der Waals surface area contributed by atoms with Gasteiger partial charge in [0.1, 0.15) is 29.6 Å². The van der Waals surface area contributed by atoms with Crippen molar-refractivity contribution in [1.82, 2.24) is 4.98 Å². The van der Waals surface area contributed by atoms with Crippen molar-refractivity contribution in [1.29, 1.82) is 5.26 Å². The number of aromatic nitrogens is 1. The lowest BCUT2D eigenvalue weighted by atomic mass is 10.1. The number of alkyl halides is 3. The van der Waals surface area contributed by atoms with Crippen LogP contribution >= 0.6 is 0 Å². The first-order valence-corrected chi connectivity index (χ1v) is 9.78. The van der Waals surface area contributed by atoms with E-state index in [1.807, 2.05) is 0 Å². The monoisotopic (exact) mass is 470 g/mol. The maximum absolute atomic E-state index is 13.7. The van der Waals surface area contributed by atoms with Gasteiger partial charge in [-0.2, -0.15) is 18.4 Å². The van der Waals surface area contributed by atoms with Crippen LogP contribution in [0.3, 0.4) is 0 Å². The number of halogens is 5. The smallest absolute Gasteiger partial charge is 0.388 e. The number of rotatable bonds is 4. The number of anilines is 2. The molecule has 2 aromatic rings. The normalized spacial score (nSPS) is 20.6. The number of amides is 1. The Bertz CT molecular complexity index is 1120.